The van der Waals surface area contributed by atoms with Gasteiger partial charge in [-0.05, 0) is 57.9 Å². The molecular formula is C19H14BrClN2O3S2. The molecule has 0 bridgehead atoms. The largest absolute Gasteiger partial charge is 0.452 e. The number of hydrogen-bond donors (Lipinski definition) is 1. The topological polar surface area (TPSA) is 68.3 Å². The van der Waals surface area contributed by atoms with Crippen LogP contribution in [-0.4, -0.2) is 23.5 Å². The zero-order valence-corrected chi connectivity index (χ0v) is 18.3. The van der Waals surface area contributed by atoms with Crippen LogP contribution < -0.4 is 5.32 Å². The fourth-order valence-electron chi connectivity index (χ4n) is 2.12. The first-order valence-electron chi connectivity index (χ1n) is 8.05. The predicted octanol–water partition coefficient (Wildman–Crippen LogP) is 5.65. The maximum atomic E-state index is 12.1. The van der Waals surface area contributed by atoms with E-state index in [1.54, 1.807) is 30.1 Å². The molecule has 0 aliphatic carbocycles. The molecule has 1 aromatic heterocycles. The third-order valence-corrected chi connectivity index (χ3v) is 6.19. The number of thiazole rings is 1. The van der Waals surface area contributed by atoms with Crippen molar-refractivity contribution in [1.29, 1.82) is 0 Å². The molecule has 1 N–H and O–H groups in total. The zero-order valence-electron chi connectivity index (χ0n) is 14.4. The van der Waals surface area contributed by atoms with Gasteiger partial charge in [0, 0.05) is 15.7 Å². The second-order valence-corrected chi connectivity index (χ2v) is 9.43. The van der Waals surface area contributed by atoms with Gasteiger partial charge in [-0.1, -0.05) is 35.1 Å². The summed E-state index contributed by atoms with van der Waals surface area (Å²) < 4.78 is 5.85. The predicted molar refractivity (Wildman–Crippen MR) is 116 cm³/mol. The van der Waals surface area contributed by atoms with Crippen LogP contribution in [0, 0.1) is 0 Å². The lowest BCUT2D eigenvalue weighted by Crippen LogP contribution is -2.20. The number of hydrogen-bond acceptors (Lipinski definition) is 6. The Hall–Kier alpha value is -1.87. The first kappa shape index (κ1) is 20.9. The van der Waals surface area contributed by atoms with Crippen molar-refractivity contribution in [2.45, 2.75) is 10.6 Å². The summed E-state index contributed by atoms with van der Waals surface area (Å²) >= 11 is 12.1. The normalized spacial score (nSPS) is 10.5. The van der Waals surface area contributed by atoms with Gasteiger partial charge in [0.1, 0.15) is 0 Å². The van der Waals surface area contributed by atoms with E-state index in [2.05, 4.69) is 26.2 Å². The van der Waals surface area contributed by atoms with Crippen LogP contribution >= 0.6 is 50.6 Å². The second-order valence-electron chi connectivity index (χ2n) is 5.53. The molecule has 0 saturated carbocycles. The molecule has 0 aliphatic rings. The molecule has 0 unspecified atom stereocenters. The Morgan fingerprint density at radius 1 is 1.14 bits per heavy atom. The summed E-state index contributed by atoms with van der Waals surface area (Å²) in [6.07, 6.45) is 1.58. The molecule has 9 heteroatoms. The minimum absolute atomic E-state index is 0.371. The number of thioether (sulfide) groups is 1. The average molecular weight is 498 g/mol. The Morgan fingerprint density at radius 2 is 1.86 bits per heavy atom. The number of halogens is 2. The van der Waals surface area contributed by atoms with E-state index in [9.17, 15) is 9.59 Å². The number of aromatic nitrogens is 1. The number of nitrogens with one attached hydrogen (secondary N) is 1. The molecule has 5 nitrogen and oxygen atoms in total. The standard InChI is InChI=1S/C19H14BrClN2O3S2/c20-16-9-22-19(28-16)23-17(24)10-26-18(25)13-3-1-12(2-4-13)11-27-15-7-5-14(21)6-8-15/h1-9H,10-11H2,(H,22,23,24). The highest BCUT2D eigenvalue weighted by Gasteiger charge is 2.11. The van der Waals surface area contributed by atoms with Crippen molar-refractivity contribution in [3.8, 4) is 0 Å². The summed E-state index contributed by atoms with van der Waals surface area (Å²) in [4.78, 5) is 29.0. The maximum absolute atomic E-state index is 12.1. The molecule has 1 heterocycles. The van der Waals surface area contributed by atoms with E-state index in [0.717, 1.165) is 20.0 Å². The third-order valence-electron chi connectivity index (χ3n) is 3.47. The van der Waals surface area contributed by atoms with E-state index in [0.29, 0.717) is 15.7 Å². The van der Waals surface area contributed by atoms with Crippen molar-refractivity contribution in [3.05, 3.63) is 74.7 Å². The fourth-order valence-corrected chi connectivity index (χ4v) is 4.22. The van der Waals surface area contributed by atoms with Crippen molar-refractivity contribution < 1.29 is 14.3 Å². The maximum Gasteiger partial charge on any atom is 0.338 e. The molecule has 2 aromatic carbocycles. The summed E-state index contributed by atoms with van der Waals surface area (Å²) in [5, 5.41) is 3.71. The first-order valence-corrected chi connectivity index (χ1v) is 11.0. The van der Waals surface area contributed by atoms with Crippen LogP contribution in [0.3, 0.4) is 0 Å². The van der Waals surface area contributed by atoms with E-state index in [1.807, 2.05) is 36.4 Å². The van der Waals surface area contributed by atoms with E-state index >= 15 is 0 Å². The second kappa shape index (κ2) is 10.1. The molecule has 3 aromatic rings. The molecule has 144 valence electrons. The number of ether oxygens (including phenoxy) is 1. The molecular weight excluding hydrogens is 484 g/mol. The van der Waals surface area contributed by atoms with Gasteiger partial charge in [0.05, 0.1) is 15.5 Å². The lowest BCUT2D eigenvalue weighted by molar-refractivity contribution is -0.119. The highest BCUT2D eigenvalue weighted by atomic mass is 79.9. The van der Waals surface area contributed by atoms with Gasteiger partial charge in [-0.25, -0.2) is 9.78 Å². The summed E-state index contributed by atoms with van der Waals surface area (Å²) in [7, 11) is 0. The minimum atomic E-state index is -0.549. The van der Waals surface area contributed by atoms with Gasteiger partial charge >= 0.3 is 5.97 Å². The van der Waals surface area contributed by atoms with Crippen molar-refractivity contribution >= 4 is 67.6 Å². The average Bonchev–Trinajstić information content (AvgIpc) is 3.10. The van der Waals surface area contributed by atoms with Crippen LogP contribution in [0.1, 0.15) is 15.9 Å². The molecule has 0 aliphatic heterocycles. The van der Waals surface area contributed by atoms with Gasteiger partial charge in [0.15, 0.2) is 11.7 Å². The number of rotatable bonds is 7. The van der Waals surface area contributed by atoms with Crippen molar-refractivity contribution in [2.75, 3.05) is 11.9 Å². The quantitative estimate of drug-likeness (QED) is 0.338. The van der Waals surface area contributed by atoms with E-state index in [-0.39, 0.29) is 6.61 Å². The van der Waals surface area contributed by atoms with Crippen LogP contribution in [0.25, 0.3) is 0 Å². The molecule has 0 spiro atoms. The Kier molecular flexibility index (Phi) is 7.50. The smallest absolute Gasteiger partial charge is 0.338 e. The number of anilines is 1. The number of amides is 1. The minimum Gasteiger partial charge on any atom is -0.452 e. The van der Waals surface area contributed by atoms with Gasteiger partial charge in [0.2, 0.25) is 0 Å². The van der Waals surface area contributed by atoms with Gasteiger partial charge in [-0.15, -0.1) is 11.8 Å². The van der Waals surface area contributed by atoms with Gasteiger partial charge in [-0.2, -0.15) is 0 Å². The summed E-state index contributed by atoms with van der Waals surface area (Å²) in [6.45, 7) is -0.371. The highest BCUT2D eigenvalue weighted by molar-refractivity contribution is 9.11. The van der Waals surface area contributed by atoms with Crippen LogP contribution in [0.2, 0.25) is 5.02 Å². The van der Waals surface area contributed by atoms with Gasteiger partial charge < -0.3 is 4.74 Å². The monoisotopic (exact) mass is 496 g/mol. The summed E-state index contributed by atoms with van der Waals surface area (Å²) in [5.41, 5.74) is 1.47. The van der Waals surface area contributed by atoms with Crippen LogP contribution in [0.15, 0.2) is 63.4 Å². The van der Waals surface area contributed by atoms with Crippen molar-refractivity contribution in [1.82, 2.24) is 4.98 Å². The molecule has 0 fully saturated rings. The van der Waals surface area contributed by atoms with Gasteiger partial charge in [-0.3, -0.25) is 10.1 Å². The van der Waals surface area contributed by atoms with Crippen molar-refractivity contribution in [3.63, 3.8) is 0 Å². The fraction of sp³-hybridized carbons (Fsp3) is 0.105. The summed E-state index contributed by atoms with van der Waals surface area (Å²) in [6, 6.07) is 14.8. The van der Waals surface area contributed by atoms with Crippen LogP contribution in [0.5, 0.6) is 0 Å². The Morgan fingerprint density at radius 3 is 2.50 bits per heavy atom. The number of carbonyl (C=O) groups excluding carboxylic acids is 2. The van der Waals surface area contributed by atoms with E-state index < -0.39 is 11.9 Å². The zero-order chi connectivity index (χ0) is 19.9. The van der Waals surface area contributed by atoms with E-state index in [1.165, 1.54) is 11.3 Å². The third kappa shape index (κ3) is 6.34. The first-order chi connectivity index (χ1) is 13.5. The number of nitrogens with zero attached hydrogens (tertiary/aromatic N) is 1. The molecule has 0 saturated heterocycles. The molecule has 3 rings (SSSR count). The molecule has 1 amide bonds. The molecule has 28 heavy (non-hydrogen) atoms. The van der Waals surface area contributed by atoms with E-state index in [4.69, 9.17) is 16.3 Å². The van der Waals surface area contributed by atoms with Crippen LogP contribution in [0.4, 0.5) is 5.13 Å². The lowest BCUT2D eigenvalue weighted by Gasteiger charge is -2.06. The van der Waals surface area contributed by atoms with Crippen molar-refractivity contribution in [2.24, 2.45) is 0 Å². The highest BCUT2D eigenvalue weighted by Crippen LogP contribution is 2.25. The number of esters is 1. The Labute approximate surface area is 183 Å². The van der Waals surface area contributed by atoms with Gasteiger partial charge in [0.25, 0.3) is 5.91 Å². The SMILES string of the molecule is O=C(COC(=O)c1ccc(CSc2ccc(Cl)cc2)cc1)Nc1ncc(Br)s1. The molecule has 0 atom stereocenters. The van der Waals surface area contributed by atoms with Crippen LogP contribution in [-0.2, 0) is 15.3 Å². The number of carbonyl (C=O) groups is 2. The Balaban J connectivity index is 1.46. The Bertz CT molecular complexity index is 962. The molecule has 0 radical (unpaired) electrons. The number of benzene rings is 2. The lowest BCUT2D eigenvalue weighted by atomic mass is 10.1. The summed E-state index contributed by atoms with van der Waals surface area (Å²) in [5.74, 6) is -0.221.